The fourth-order valence-electron chi connectivity index (χ4n) is 2.14. The number of aromatic nitrogens is 4. The molecule has 0 aliphatic heterocycles. The summed E-state index contributed by atoms with van der Waals surface area (Å²) in [6, 6.07) is 0. The maximum Gasteiger partial charge on any atom is 0.280 e. The highest BCUT2D eigenvalue weighted by atomic mass is 19.1. The molecule has 18 heavy (non-hydrogen) atoms. The van der Waals surface area contributed by atoms with E-state index in [1.807, 2.05) is 0 Å². The number of fused-ring (bicyclic) bond motifs is 1. The Morgan fingerprint density at radius 3 is 3.17 bits per heavy atom. The van der Waals surface area contributed by atoms with Crippen molar-refractivity contribution in [3.8, 4) is 0 Å². The van der Waals surface area contributed by atoms with Crippen LogP contribution in [0.25, 0.3) is 11.2 Å². The van der Waals surface area contributed by atoms with Crippen LogP contribution in [-0.2, 0) is 6.54 Å². The first-order valence-corrected chi connectivity index (χ1v) is 5.54. The number of aliphatic hydroxyl groups is 1. The van der Waals surface area contributed by atoms with Gasteiger partial charge in [0.15, 0.2) is 11.2 Å². The van der Waals surface area contributed by atoms with Gasteiger partial charge >= 0.3 is 0 Å². The first-order chi connectivity index (χ1) is 8.53. The summed E-state index contributed by atoms with van der Waals surface area (Å²) in [4.78, 5) is 21.7. The monoisotopic (exact) mass is 253 g/mol. The molecule has 1 aliphatic rings. The molecule has 0 amide bonds. The number of H-pyrrole nitrogens is 1. The quantitative estimate of drug-likeness (QED) is 0.678. The minimum atomic E-state index is -1.44. The number of hydrogen-bond acceptors (Lipinski definition) is 5. The molecule has 2 aromatic heterocycles. The van der Waals surface area contributed by atoms with Gasteiger partial charge in [0.25, 0.3) is 5.56 Å². The van der Waals surface area contributed by atoms with Crippen molar-refractivity contribution in [1.29, 1.82) is 0 Å². The van der Waals surface area contributed by atoms with Crippen LogP contribution >= 0.6 is 0 Å². The summed E-state index contributed by atoms with van der Waals surface area (Å²) >= 11 is 0. The number of aliphatic hydroxyl groups excluding tert-OH is 1. The molecular formula is C10H12FN5O2. The average Bonchev–Trinajstić information content (AvgIpc) is 2.79. The number of nitrogens with zero attached hydrogens (tertiary/aromatic N) is 3. The van der Waals surface area contributed by atoms with Crippen molar-refractivity contribution in [2.24, 2.45) is 5.92 Å². The molecule has 96 valence electrons. The van der Waals surface area contributed by atoms with Crippen LogP contribution in [0.4, 0.5) is 10.3 Å². The summed E-state index contributed by atoms with van der Waals surface area (Å²) in [5, 5.41) is 8.92. The van der Waals surface area contributed by atoms with Gasteiger partial charge in [0.05, 0.1) is 12.9 Å². The van der Waals surface area contributed by atoms with Crippen molar-refractivity contribution in [2.75, 3.05) is 12.3 Å². The summed E-state index contributed by atoms with van der Waals surface area (Å²) in [6.07, 6.45) is 1.67. The van der Waals surface area contributed by atoms with Gasteiger partial charge in [0.2, 0.25) is 5.95 Å². The Morgan fingerprint density at radius 1 is 1.72 bits per heavy atom. The molecule has 4 N–H and O–H groups in total. The minimum Gasteiger partial charge on any atom is -0.396 e. The Morgan fingerprint density at radius 2 is 2.50 bits per heavy atom. The molecule has 1 fully saturated rings. The third kappa shape index (κ3) is 1.57. The molecule has 0 spiro atoms. The van der Waals surface area contributed by atoms with Gasteiger partial charge in [-0.3, -0.25) is 9.78 Å². The lowest BCUT2D eigenvalue weighted by Gasteiger charge is -2.08. The molecule has 2 atom stereocenters. The van der Waals surface area contributed by atoms with Crippen LogP contribution in [0.5, 0.6) is 0 Å². The zero-order valence-corrected chi connectivity index (χ0v) is 9.43. The van der Waals surface area contributed by atoms with Gasteiger partial charge in [-0.1, -0.05) is 0 Å². The van der Waals surface area contributed by atoms with Crippen molar-refractivity contribution in [3.63, 3.8) is 0 Å². The lowest BCUT2D eigenvalue weighted by atomic mass is 10.3. The molecule has 0 aromatic carbocycles. The van der Waals surface area contributed by atoms with E-state index in [4.69, 9.17) is 10.8 Å². The maximum atomic E-state index is 14.1. The molecule has 1 unspecified atom stereocenters. The molecule has 8 heteroatoms. The standard InChI is InChI=1S/C10H12FN5O2/c11-10(1-5(10)2-17)3-16-4-13-6-7(16)14-9(12)15-8(6)18/h4-5,17H,1-3H2,(H3,12,14,15,18)/t5?,10-/m1/s1. The smallest absolute Gasteiger partial charge is 0.280 e. The van der Waals surface area contributed by atoms with Crippen molar-refractivity contribution in [3.05, 3.63) is 16.7 Å². The van der Waals surface area contributed by atoms with E-state index in [9.17, 15) is 9.18 Å². The Kier molecular flexibility index (Phi) is 2.18. The zero-order chi connectivity index (χ0) is 12.9. The lowest BCUT2D eigenvalue weighted by molar-refractivity contribution is 0.194. The van der Waals surface area contributed by atoms with Crippen LogP contribution in [0.3, 0.4) is 0 Å². The summed E-state index contributed by atoms with van der Waals surface area (Å²) in [5.74, 6) is -0.383. The minimum absolute atomic E-state index is 0.0185. The van der Waals surface area contributed by atoms with Crippen molar-refractivity contribution in [2.45, 2.75) is 18.6 Å². The van der Waals surface area contributed by atoms with Crippen LogP contribution < -0.4 is 11.3 Å². The number of hydrogen-bond donors (Lipinski definition) is 3. The first-order valence-electron chi connectivity index (χ1n) is 5.54. The molecule has 0 bridgehead atoms. The highest BCUT2D eigenvalue weighted by Gasteiger charge is 2.55. The largest absolute Gasteiger partial charge is 0.396 e. The van der Waals surface area contributed by atoms with Gasteiger partial charge in [-0.2, -0.15) is 4.98 Å². The molecular weight excluding hydrogens is 241 g/mol. The SMILES string of the molecule is Nc1nc2c(ncn2C[C@]2(F)CC2CO)c(=O)[nH]1. The predicted molar refractivity (Wildman–Crippen MR) is 61.6 cm³/mol. The Balaban J connectivity index is 2.01. The first kappa shape index (κ1) is 11.1. The van der Waals surface area contributed by atoms with E-state index in [1.165, 1.54) is 10.9 Å². The summed E-state index contributed by atoms with van der Waals surface area (Å²) in [7, 11) is 0. The normalized spacial score (nSPS) is 26.7. The maximum absolute atomic E-state index is 14.1. The molecule has 1 aliphatic carbocycles. The number of anilines is 1. The van der Waals surface area contributed by atoms with Gasteiger partial charge in [0, 0.05) is 12.5 Å². The van der Waals surface area contributed by atoms with E-state index in [2.05, 4.69) is 15.0 Å². The number of rotatable bonds is 3. The van der Waals surface area contributed by atoms with E-state index in [0.717, 1.165) is 0 Å². The highest BCUT2D eigenvalue weighted by Crippen LogP contribution is 2.48. The van der Waals surface area contributed by atoms with Crippen LogP contribution in [0, 0.1) is 5.92 Å². The fourth-order valence-corrected chi connectivity index (χ4v) is 2.14. The average molecular weight is 253 g/mol. The zero-order valence-electron chi connectivity index (χ0n) is 9.43. The number of nitrogens with one attached hydrogen (secondary N) is 1. The van der Waals surface area contributed by atoms with Crippen molar-refractivity contribution < 1.29 is 9.50 Å². The fraction of sp³-hybridized carbons (Fsp3) is 0.500. The third-order valence-electron chi connectivity index (χ3n) is 3.30. The molecule has 2 heterocycles. The van der Waals surface area contributed by atoms with E-state index in [-0.39, 0.29) is 36.2 Å². The van der Waals surface area contributed by atoms with E-state index in [0.29, 0.717) is 6.42 Å². The molecule has 3 rings (SSSR count). The van der Waals surface area contributed by atoms with E-state index in [1.54, 1.807) is 0 Å². The van der Waals surface area contributed by atoms with Crippen LogP contribution in [-0.4, -0.2) is 36.9 Å². The highest BCUT2D eigenvalue weighted by molar-refractivity contribution is 5.70. The summed E-state index contributed by atoms with van der Waals surface area (Å²) in [5.41, 5.74) is 3.95. The Labute approximate surface area is 100 Å². The van der Waals surface area contributed by atoms with E-state index >= 15 is 0 Å². The van der Waals surface area contributed by atoms with Crippen LogP contribution in [0.1, 0.15) is 6.42 Å². The number of nitrogen functional groups attached to an aromatic ring is 1. The van der Waals surface area contributed by atoms with Gasteiger partial charge in [-0.15, -0.1) is 0 Å². The second kappa shape index (κ2) is 3.52. The van der Waals surface area contributed by atoms with Crippen molar-refractivity contribution in [1.82, 2.24) is 19.5 Å². The molecule has 0 saturated heterocycles. The number of alkyl halides is 1. The van der Waals surface area contributed by atoms with E-state index < -0.39 is 11.2 Å². The van der Waals surface area contributed by atoms with Gasteiger partial charge < -0.3 is 15.4 Å². The molecule has 1 saturated carbocycles. The number of nitrogens with two attached hydrogens (primary N) is 1. The Hall–Kier alpha value is -1.96. The van der Waals surface area contributed by atoms with Crippen LogP contribution in [0.15, 0.2) is 11.1 Å². The number of imidazole rings is 1. The summed E-state index contributed by atoms with van der Waals surface area (Å²) in [6.45, 7) is -0.163. The number of halogens is 1. The third-order valence-corrected chi connectivity index (χ3v) is 3.30. The van der Waals surface area contributed by atoms with Crippen molar-refractivity contribution >= 4 is 17.1 Å². The van der Waals surface area contributed by atoms with Gasteiger partial charge in [-0.05, 0) is 6.42 Å². The second-order valence-corrected chi connectivity index (χ2v) is 4.61. The number of aromatic amines is 1. The predicted octanol–water partition coefficient (Wildman–Crippen LogP) is -0.578. The van der Waals surface area contributed by atoms with Gasteiger partial charge in [0.1, 0.15) is 5.67 Å². The molecule has 0 radical (unpaired) electrons. The molecule has 7 nitrogen and oxygen atoms in total. The van der Waals surface area contributed by atoms with Gasteiger partial charge in [-0.25, -0.2) is 9.37 Å². The topological polar surface area (TPSA) is 110 Å². The second-order valence-electron chi connectivity index (χ2n) is 4.61. The summed E-state index contributed by atoms with van der Waals surface area (Å²) < 4.78 is 15.6. The Bertz CT molecular complexity index is 666. The van der Waals surface area contributed by atoms with Crippen LogP contribution in [0.2, 0.25) is 0 Å². The molecule has 2 aromatic rings. The lowest BCUT2D eigenvalue weighted by Crippen LogP contribution is -2.17.